The number of hydrogen-bond acceptors (Lipinski definition) is 2. The van der Waals surface area contributed by atoms with E-state index in [0.29, 0.717) is 0 Å². The Morgan fingerprint density at radius 2 is 1.88 bits per heavy atom. The molecule has 1 heterocycles. The predicted molar refractivity (Wildman–Crippen MR) is 70.7 cm³/mol. The Labute approximate surface area is 108 Å². The number of halogens is 1. The van der Waals surface area contributed by atoms with Gasteiger partial charge >= 0.3 is 0 Å². The van der Waals surface area contributed by atoms with E-state index in [9.17, 15) is 0 Å². The van der Waals surface area contributed by atoms with Crippen molar-refractivity contribution in [3.05, 3.63) is 12.3 Å². The summed E-state index contributed by atoms with van der Waals surface area (Å²) >= 11 is 3.45. The lowest BCUT2D eigenvalue weighted by atomic mass is 10.1. The van der Waals surface area contributed by atoms with Gasteiger partial charge in [0.2, 0.25) is 0 Å². The van der Waals surface area contributed by atoms with Gasteiger partial charge in [-0.15, -0.1) is 0 Å². The molecular weight excluding hydrogens is 268 g/mol. The summed E-state index contributed by atoms with van der Waals surface area (Å²) in [7, 11) is 0. The highest BCUT2D eigenvalue weighted by Gasteiger charge is 2.09. The summed E-state index contributed by atoms with van der Waals surface area (Å²) in [5.41, 5.74) is 0. The average Bonchev–Trinajstić information content (AvgIpc) is 2.34. The van der Waals surface area contributed by atoms with E-state index in [-0.39, 0.29) is 6.29 Å². The number of allylic oxidation sites excluding steroid dienone is 1. The third kappa shape index (κ3) is 7.29. The molecular formula is C13H23BrO2. The number of rotatable bonds is 9. The summed E-state index contributed by atoms with van der Waals surface area (Å²) in [6, 6.07) is 0. The van der Waals surface area contributed by atoms with Crippen molar-refractivity contribution < 1.29 is 9.47 Å². The van der Waals surface area contributed by atoms with Crippen LogP contribution in [0.1, 0.15) is 51.4 Å². The molecule has 0 N–H and O–H groups in total. The van der Waals surface area contributed by atoms with Gasteiger partial charge in [-0.3, -0.25) is 0 Å². The fraction of sp³-hybridized carbons (Fsp3) is 0.846. The zero-order valence-corrected chi connectivity index (χ0v) is 11.6. The van der Waals surface area contributed by atoms with E-state index < -0.39 is 0 Å². The van der Waals surface area contributed by atoms with Crippen LogP contribution in [0.2, 0.25) is 0 Å². The molecule has 0 aromatic heterocycles. The van der Waals surface area contributed by atoms with Gasteiger partial charge in [0.05, 0.1) is 12.9 Å². The van der Waals surface area contributed by atoms with E-state index in [1.54, 1.807) is 6.26 Å². The smallest absolute Gasteiger partial charge is 0.199 e. The Morgan fingerprint density at radius 1 is 1.12 bits per heavy atom. The lowest BCUT2D eigenvalue weighted by Gasteiger charge is -2.19. The van der Waals surface area contributed by atoms with E-state index in [2.05, 4.69) is 15.9 Å². The number of alkyl halides is 1. The first kappa shape index (κ1) is 14.0. The quantitative estimate of drug-likeness (QED) is 0.463. The van der Waals surface area contributed by atoms with Crippen LogP contribution in [-0.4, -0.2) is 18.2 Å². The largest absolute Gasteiger partial charge is 0.473 e. The fourth-order valence-corrected chi connectivity index (χ4v) is 2.15. The Kier molecular flexibility index (Phi) is 8.91. The Bertz CT molecular complexity index is 183. The molecule has 1 unspecified atom stereocenters. The molecule has 0 amide bonds. The van der Waals surface area contributed by atoms with Gasteiger partial charge in [-0.2, -0.15) is 0 Å². The molecule has 1 atom stereocenters. The summed E-state index contributed by atoms with van der Waals surface area (Å²) in [6.45, 7) is 0.844. The minimum absolute atomic E-state index is 0.0124. The van der Waals surface area contributed by atoms with Crippen LogP contribution in [0.15, 0.2) is 12.3 Å². The maximum atomic E-state index is 5.63. The highest BCUT2D eigenvalue weighted by molar-refractivity contribution is 9.09. The SMILES string of the molecule is BrCCCCCCCCOC1CCC=CO1. The van der Waals surface area contributed by atoms with Crippen LogP contribution >= 0.6 is 15.9 Å². The molecule has 1 rings (SSSR count). The lowest BCUT2D eigenvalue weighted by molar-refractivity contribution is -0.115. The summed E-state index contributed by atoms with van der Waals surface area (Å²) in [4.78, 5) is 0. The topological polar surface area (TPSA) is 18.5 Å². The van der Waals surface area contributed by atoms with E-state index in [1.807, 2.05) is 6.08 Å². The van der Waals surface area contributed by atoms with Gasteiger partial charge in [0, 0.05) is 11.8 Å². The molecule has 0 bridgehead atoms. The molecule has 0 spiro atoms. The first-order chi connectivity index (χ1) is 7.93. The second-order valence-corrected chi connectivity index (χ2v) is 4.99. The van der Waals surface area contributed by atoms with Crippen molar-refractivity contribution in [2.24, 2.45) is 0 Å². The normalized spacial score (nSPS) is 19.7. The minimum Gasteiger partial charge on any atom is -0.473 e. The molecule has 16 heavy (non-hydrogen) atoms. The van der Waals surface area contributed by atoms with E-state index in [4.69, 9.17) is 9.47 Å². The van der Waals surface area contributed by atoms with Gasteiger partial charge in [-0.25, -0.2) is 0 Å². The average molecular weight is 291 g/mol. The summed E-state index contributed by atoms with van der Waals surface area (Å²) in [5.74, 6) is 0. The van der Waals surface area contributed by atoms with E-state index >= 15 is 0 Å². The maximum Gasteiger partial charge on any atom is 0.199 e. The molecule has 0 aromatic carbocycles. The molecule has 0 radical (unpaired) electrons. The number of hydrogen-bond donors (Lipinski definition) is 0. The van der Waals surface area contributed by atoms with Crippen LogP contribution in [-0.2, 0) is 9.47 Å². The van der Waals surface area contributed by atoms with E-state index in [1.165, 1.54) is 32.1 Å². The molecule has 94 valence electrons. The van der Waals surface area contributed by atoms with Crippen molar-refractivity contribution in [1.29, 1.82) is 0 Å². The van der Waals surface area contributed by atoms with Gasteiger partial charge in [0.15, 0.2) is 6.29 Å². The third-order valence-electron chi connectivity index (χ3n) is 2.73. The summed E-state index contributed by atoms with van der Waals surface area (Å²) in [6.07, 6.45) is 13.7. The Balaban J connectivity index is 1.79. The standard InChI is InChI=1S/C13H23BrO2/c14-10-6-3-1-2-4-7-11-15-13-9-5-8-12-16-13/h8,12-13H,1-7,9-11H2. The number of unbranched alkanes of at least 4 members (excludes halogenated alkanes) is 5. The van der Waals surface area contributed by atoms with Crippen molar-refractivity contribution in [3.8, 4) is 0 Å². The molecule has 0 aliphatic carbocycles. The second kappa shape index (κ2) is 10.2. The third-order valence-corrected chi connectivity index (χ3v) is 3.29. The maximum absolute atomic E-state index is 5.63. The van der Waals surface area contributed by atoms with Gasteiger partial charge in [0.25, 0.3) is 0 Å². The van der Waals surface area contributed by atoms with Gasteiger partial charge in [-0.1, -0.05) is 41.6 Å². The zero-order valence-electron chi connectivity index (χ0n) is 10.00. The van der Waals surface area contributed by atoms with Crippen molar-refractivity contribution in [2.45, 2.75) is 57.7 Å². The van der Waals surface area contributed by atoms with Crippen molar-refractivity contribution >= 4 is 15.9 Å². The van der Waals surface area contributed by atoms with Gasteiger partial charge < -0.3 is 9.47 Å². The molecule has 1 aliphatic rings. The highest BCUT2D eigenvalue weighted by Crippen LogP contribution is 2.12. The Hall–Kier alpha value is -0.0200. The summed E-state index contributed by atoms with van der Waals surface area (Å²) in [5, 5.41) is 1.14. The first-order valence-corrected chi connectivity index (χ1v) is 7.53. The van der Waals surface area contributed by atoms with Crippen LogP contribution in [0.3, 0.4) is 0 Å². The van der Waals surface area contributed by atoms with Crippen molar-refractivity contribution in [1.82, 2.24) is 0 Å². The lowest BCUT2D eigenvalue weighted by Crippen LogP contribution is -2.17. The fourth-order valence-electron chi connectivity index (χ4n) is 1.75. The second-order valence-electron chi connectivity index (χ2n) is 4.20. The van der Waals surface area contributed by atoms with Crippen LogP contribution in [0, 0.1) is 0 Å². The molecule has 0 fully saturated rings. The van der Waals surface area contributed by atoms with Crippen molar-refractivity contribution in [3.63, 3.8) is 0 Å². The zero-order chi connectivity index (χ0) is 11.5. The van der Waals surface area contributed by atoms with Crippen LogP contribution < -0.4 is 0 Å². The van der Waals surface area contributed by atoms with Crippen LogP contribution in [0.5, 0.6) is 0 Å². The molecule has 0 saturated carbocycles. The van der Waals surface area contributed by atoms with Gasteiger partial charge in [-0.05, 0) is 25.3 Å². The highest BCUT2D eigenvalue weighted by atomic mass is 79.9. The monoisotopic (exact) mass is 290 g/mol. The van der Waals surface area contributed by atoms with Gasteiger partial charge in [0.1, 0.15) is 0 Å². The minimum atomic E-state index is 0.0124. The van der Waals surface area contributed by atoms with E-state index in [0.717, 1.165) is 31.2 Å². The first-order valence-electron chi connectivity index (χ1n) is 6.41. The van der Waals surface area contributed by atoms with Crippen LogP contribution in [0.25, 0.3) is 0 Å². The molecule has 3 heteroatoms. The summed E-state index contributed by atoms with van der Waals surface area (Å²) < 4.78 is 11.0. The Morgan fingerprint density at radius 3 is 2.56 bits per heavy atom. The molecule has 0 aromatic rings. The number of ether oxygens (including phenoxy) is 2. The molecule has 1 aliphatic heterocycles. The van der Waals surface area contributed by atoms with Crippen LogP contribution in [0.4, 0.5) is 0 Å². The predicted octanol–water partition coefficient (Wildman–Crippen LogP) is 4.39. The molecule has 2 nitrogen and oxygen atoms in total. The van der Waals surface area contributed by atoms with Crippen molar-refractivity contribution in [2.75, 3.05) is 11.9 Å². The molecule has 0 saturated heterocycles.